The highest BCUT2D eigenvalue weighted by Crippen LogP contribution is 2.28. The van der Waals surface area contributed by atoms with Crippen molar-refractivity contribution in [3.8, 4) is 11.5 Å². The van der Waals surface area contributed by atoms with E-state index in [1.54, 1.807) is 49.5 Å². The quantitative estimate of drug-likeness (QED) is 0.383. The Morgan fingerprint density at radius 2 is 1.51 bits per heavy atom. The summed E-state index contributed by atoms with van der Waals surface area (Å²) in [5.74, 6) is 0.541. The van der Waals surface area contributed by atoms with Gasteiger partial charge in [0.25, 0.3) is 0 Å². The topological polar surface area (TPSA) is 67.9 Å². The Morgan fingerprint density at radius 3 is 2.14 bits per heavy atom. The zero-order chi connectivity index (χ0) is 26.8. The largest absolute Gasteiger partial charge is 0.493 e. The predicted molar refractivity (Wildman–Crippen MR) is 142 cm³/mol. The molecule has 196 valence electrons. The minimum absolute atomic E-state index is 0.0598. The molecule has 0 spiro atoms. The van der Waals surface area contributed by atoms with Crippen molar-refractivity contribution in [3.63, 3.8) is 0 Å². The number of rotatable bonds is 12. The van der Waals surface area contributed by atoms with E-state index in [1.807, 2.05) is 44.2 Å². The fourth-order valence-corrected chi connectivity index (χ4v) is 4.03. The smallest absolute Gasteiger partial charge is 0.243 e. The Bertz CT molecular complexity index is 1170. The van der Waals surface area contributed by atoms with Crippen molar-refractivity contribution in [1.82, 2.24) is 10.2 Å². The van der Waals surface area contributed by atoms with E-state index < -0.39 is 6.04 Å². The van der Waals surface area contributed by atoms with Crippen LogP contribution in [0.15, 0.2) is 72.8 Å². The van der Waals surface area contributed by atoms with Gasteiger partial charge in [0.05, 0.1) is 20.6 Å². The molecular weight excluding hydrogens is 471 g/mol. The SMILES string of the molecule is COc1ccc(CC(=O)N(Cc2ccc(F)cc2)[C@H](Cc2ccccc2)C(=O)NCC(C)C)cc1OC. The molecule has 0 aliphatic carbocycles. The van der Waals surface area contributed by atoms with Crippen LogP contribution in [0, 0.1) is 11.7 Å². The molecule has 0 aliphatic rings. The molecule has 1 N–H and O–H groups in total. The van der Waals surface area contributed by atoms with E-state index in [2.05, 4.69) is 5.32 Å². The Morgan fingerprint density at radius 1 is 0.865 bits per heavy atom. The van der Waals surface area contributed by atoms with Crippen LogP contribution in [0.25, 0.3) is 0 Å². The van der Waals surface area contributed by atoms with Gasteiger partial charge < -0.3 is 19.7 Å². The summed E-state index contributed by atoms with van der Waals surface area (Å²) in [6.45, 7) is 4.70. The van der Waals surface area contributed by atoms with Crippen LogP contribution < -0.4 is 14.8 Å². The van der Waals surface area contributed by atoms with Crippen molar-refractivity contribution < 1.29 is 23.5 Å². The third kappa shape index (κ3) is 8.07. The lowest BCUT2D eigenvalue weighted by atomic mass is 10.0. The first-order chi connectivity index (χ1) is 17.8. The molecule has 0 aromatic heterocycles. The number of halogens is 1. The van der Waals surface area contributed by atoms with Crippen molar-refractivity contribution in [2.24, 2.45) is 5.92 Å². The van der Waals surface area contributed by atoms with Crippen LogP contribution in [0.4, 0.5) is 4.39 Å². The van der Waals surface area contributed by atoms with E-state index in [-0.39, 0.29) is 36.5 Å². The van der Waals surface area contributed by atoms with Gasteiger partial charge in [-0.05, 0) is 46.9 Å². The van der Waals surface area contributed by atoms with Crippen LogP contribution in [0.3, 0.4) is 0 Å². The molecule has 3 rings (SSSR count). The lowest BCUT2D eigenvalue weighted by Gasteiger charge is -2.32. The van der Waals surface area contributed by atoms with Crippen LogP contribution in [0.2, 0.25) is 0 Å². The maximum absolute atomic E-state index is 13.8. The van der Waals surface area contributed by atoms with Crippen molar-refractivity contribution in [2.45, 2.75) is 39.3 Å². The van der Waals surface area contributed by atoms with Crippen molar-refractivity contribution in [2.75, 3.05) is 20.8 Å². The van der Waals surface area contributed by atoms with Gasteiger partial charge in [-0.15, -0.1) is 0 Å². The zero-order valence-corrected chi connectivity index (χ0v) is 21.9. The maximum atomic E-state index is 13.8. The van der Waals surface area contributed by atoms with Gasteiger partial charge >= 0.3 is 0 Å². The lowest BCUT2D eigenvalue weighted by Crippen LogP contribution is -2.51. The summed E-state index contributed by atoms with van der Waals surface area (Å²) in [4.78, 5) is 28.9. The number of amides is 2. The van der Waals surface area contributed by atoms with Gasteiger partial charge in [-0.1, -0.05) is 62.4 Å². The van der Waals surface area contributed by atoms with Crippen LogP contribution in [0.1, 0.15) is 30.5 Å². The standard InChI is InChI=1S/C30H35FN2O4/c1-21(2)19-32-30(35)26(16-22-8-6-5-7-9-22)33(20-23-10-13-25(31)14-11-23)29(34)18-24-12-15-27(36-3)28(17-24)37-4/h5-15,17,21,26H,16,18-20H2,1-4H3,(H,32,35)/t26-/m1/s1. The minimum Gasteiger partial charge on any atom is -0.493 e. The monoisotopic (exact) mass is 506 g/mol. The second-order valence-electron chi connectivity index (χ2n) is 9.36. The summed E-state index contributed by atoms with van der Waals surface area (Å²) < 4.78 is 24.3. The van der Waals surface area contributed by atoms with Gasteiger partial charge in [-0.3, -0.25) is 9.59 Å². The number of ether oxygens (including phenoxy) is 2. The van der Waals surface area contributed by atoms with E-state index in [0.29, 0.717) is 24.5 Å². The fraction of sp³-hybridized carbons (Fsp3) is 0.333. The van der Waals surface area contributed by atoms with E-state index in [4.69, 9.17) is 9.47 Å². The molecule has 0 aliphatic heterocycles. The first kappa shape index (κ1) is 27.7. The molecular formula is C30H35FN2O4. The second-order valence-corrected chi connectivity index (χ2v) is 9.36. The molecule has 3 aromatic rings. The van der Waals surface area contributed by atoms with Crippen molar-refractivity contribution in [3.05, 3.63) is 95.3 Å². The number of carbonyl (C=O) groups excluding carboxylic acids is 2. The van der Waals surface area contributed by atoms with E-state index in [1.165, 1.54) is 12.1 Å². The molecule has 2 amide bonds. The number of hydrogen-bond donors (Lipinski definition) is 1. The first-order valence-corrected chi connectivity index (χ1v) is 12.4. The summed E-state index contributed by atoms with van der Waals surface area (Å²) in [6.07, 6.45) is 0.411. The fourth-order valence-electron chi connectivity index (χ4n) is 4.03. The van der Waals surface area contributed by atoms with Crippen LogP contribution in [0.5, 0.6) is 11.5 Å². The lowest BCUT2D eigenvalue weighted by molar-refractivity contribution is -0.140. The van der Waals surface area contributed by atoms with Crippen LogP contribution in [-0.4, -0.2) is 43.5 Å². The number of methoxy groups -OCH3 is 2. The van der Waals surface area contributed by atoms with Crippen LogP contribution >= 0.6 is 0 Å². The first-order valence-electron chi connectivity index (χ1n) is 12.4. The number of benzene rings is 3. The average molecular weight is 507 g/mol. The molecule has 0 unspecified atom stereocenters. The molecule has 1 atom stereocenters. The molecule has 7 heteroatoms. The summed E-state index contributed by atoms with van der Waals surface area (Å²) in [7, 11) is 3.09. The average Bonchev–Trinajstić information content (AvgIpc) is 2.90. The highest BCUT2D eigenvalue weighted by atomic mass is 19.1. The number of hydrogen-bond acceptors (Lipinski definition) is 4. The van der Waals surface area contributed by atoms with E-state index in [0.717, 1.165) is 16.7 Å². The highest BCUT2D eigenvalue weighted by molar-refractivity contribution is 5.89. The highest BCUT2D eigenvalue weighted by Gasteiger charge is 2.30. The molecule has 0 radical (unpaired) electrons. The minimum atomic E-state index is -0.751. The van der Waals surface area contributed by atoms with Gasteiger partial charge in [0.15, 0.2) is 11.5 Å². The summed E-state index contributed by atoms with van der Waals surface area (Å²) in [5, 5.41) is 3.00. The van der Waals surface area contributed by atoms with E-state index >= 15 is 0 Å². The number of nitrogens with zero attached hydrogens (tertiary/aromatic N) is 1. The maximum Gasteiger partial charge on any atom is 0.243 e. The van der Waals surface area contributed by atoms with Crippen LogP contribution in [-0.2, 0) is 29.0 Å². The predicted octanol–water partition coefficient (Wildman–Crippen LogP) is 4.80. The summed E-state index contributed by atoms with van der Waals surface area (Å²) >= 11 is 0. The van der Waals surface area contributed by atoms with E-state index in [9.17, 15) is 14.0 Å². The molecule has 0 fully saturated rings. The normalized spacial score (nSPS) is 11.6. The molecule has 0 saturated heterocycles. The molecule has 3 aromatic carbocycles. The van der Waals surface area contributed by atoms with Gasteiger partial charge in [0.2, 0.25) is 11.8 Å². The Kier molecular flexibility index (Phi) is 10.1. The Labute approximate surface area is 218 Å². The van der Waals surface area contributed by atoms with Gasteiger partial charge in [0.1, 0.15) is 11.9 Å². The van der Waals surface area contributed by atoms with Gasteiger partial charge in [-0.2, -0.15) is 0 Å². The van der Waals surface area contributed by atoms with Gasteiger partial charge in [0, 0.05) is 19.5 Å². The zero-order valence-electron chi connectivity index (χ0n) is 21.9. The number of nitrogens with one attached hydrogen (secondary N) is 1. The van der Waals surface area contributed by atoms with Gasteiger partial charge in [-0.25, -0.2) is 4.39 Å². The molecule has 37 heavy (non-hydrogen) atoms. The Hall–Kier alpha value is -3.87. The molecule has 0 bridgehead atoms. The Balaban J connectivity index is 1.96. The molecule has 6 nitrogen and oxygen atoms in total. The van der Waals surface area contributed by atoms with Crippen molar-refractivity contribution in [1.29, 1.82) is 0 Å². The summed E-state index contributed by atoms with van der Waals surface area (Å²) in [6, 6.07) is 20.2. The third-order valence-electron chi connectivity index (χ3n) is 6.03. The second kappa shape index (κ2) is 13.4. The third-order valence-corrected chi connectivity index (χ3v) is 6.03. The van der Waals surface area contributed by atoms with Crippen molar-refractivity contribution >= 4 is 11.8 Å². The molecule has 0 heterocycles. The number of carbonyl (C=O) groups is 2. The molecule has 0 saturated carbocycles. The summed E-state index contributed by atoms with van der Waals surface area (Å²) in [5.41, 5.74) is 2.40.